The molecule has 0 spiro atoms. The summed E-state index contributed by atoms with van der Waals surface area (Å²) in [6.07, 6.45) is 4.28. The Kier molecular flexibility index (Phi) is 4.07. The van der Waals surface area contributed by atoms with Crippen LogP contribution in [0.2, 0.25) is 0 Å². The van der Waals surface area contributed by atoms with Gasteiger partial charge in [-0.2, -0.15) is 4.98 Å². The predicted molar refractivity (Wildman–Crippen MR) is 91.2 cm³/mol. The van der Waals surface area contributed by atoms with Crippen LogP contribution in [0.4, 0.5) is 5.95 Å². The van der Waals surface area contributed by atoms with Crippen molar-refractivity contribution in [2.75, 3.05) is 5.73 Å². The number of nitrogen functional groups attached to an aromatic ring is 1. The number of nitrogens with two attached hydrogens (primary N) is 1. The summed E-state index contributed by atoms with van der Waals surface area (Å²) < 4.78 is 1.80. The van der Waals surface area contributed by atoms with E-state index in [1.807, 2.05) is 25.4 Å². The number of carboxylic acid groups (broad SMARTS) is 1. The van der Waals surface area contributed by atoms with E-state index in [0.29, 0.717) is 11.0 Å². The van der Waals surface area contributed by atoms with Gasteiger partial charge in [-0.1, -0.05) is 12.1 Å². The van der Waals surface area contributed by atoms with Crippen molar-refractivity contribution in [3.63, 3.8) is 0 Å². The highest BCUT2D eigenvalue weighted by Crippen LogP contribution is 2.18. The normalized spacial score (nSPS) is 11.0. The van der Waals surface area contributed by atoms with E-state index in [9.17, 15) is 9.59 Å². The zero-order valence-electron chi connectivity index (χ0n) is 13.2. The highest BCUT2D eigenvalue weighted by molar-refractivity contribution is 5.87. The summed E-state index contributed by atoms with van der Waals surface area (Å²) in [5, 5.41) is 9.48. The summed E-state index contributed by atoms with van der Waals surface area (Å²) in [5.74, 6) is -0.818. The number of carbonyl (C=O) groups is 1. The first-order valence-electron chi connectivity index (χ1n) is 7.61. The number of fused-ring (bicyclic) bond motifs is 1. The van der Waals surface area contributed by atoms with E-state index in [0.717, 1.165) is 30.4 Å². The van der Waals surface area contributed by atoms with Crippen molar-refractivity contribution in [2.45, 2.75) is 19.3 Å². The van der Waals surface area contributed by atoms with Crippen LogP contribution in [0.3, 0.4) is 0 Å². The maximum Gasteiger partial charge on any atom is 0.335 e. The number of benzene rings is 1. The highest BCUT2D eigenvalue weighted by Gasteiger charge is 2.12. The molecule has 0 bridgehead atoms. The number of anilines is 1. The lowest BCUT2D eigenvalue weighted by Crippen LogP contribution is -2.12. The van der Waals surface area contributed by atoms with E-state index >= 15 is 0 Å². The molecule has 1 aromatic carbocycles. The average Bonchev–Trinajstić information content (AvgIpc) is 2.84. The number of nitrogens with zero attached hydrogens (tertiary/aromatic N) is 2. The van der Waals surface area contributed by atoms with Gasteiger partial charge in [0.1, 0.15) is 5.65 Å². The van der Waals surface area contributed by atoms with Crippen LogP contribution >= 0.6 is 0 Å². The Morgan fingerprint density at radius 2 is 2.00 bits per heavy atom. The second-order valence-electron chi connectivity index (χ2n) is 5.77. The number of aryl methyl sites for hydroxylation is 3. The van der Waals surface area contributed by atoms with Crippen LogP contribution in [0, 0.1) is 0 Å². The second kappa shape index (κ2) is 6.19. The maximum absolute atomic E-state index is 12.1. The van der Waals surface area contributed by atoms with Crippen LogP contribution in [0.25, 0.3) is 11.0 Å². The third-order valence-electron chi connectivity index (χ3n) is 4.04. The molecule has 24 heavy (non-hydrogen) atoms. The average molecular weight is 326 g/mol. The number of aromatic nitrogens is 3. The van der Waals surface area contributed by atoms with Gasteiger partial charge in [0.05, 0.1) is 10.9 Å². The molecule has 7 heteroatoms. The predicted octanol–water partition coefficient (Wildman–Crippen LogP) is 1.72. The molecular weight excluding hydrogens is 308 g/mol. The summed E-state index contributed by atoms with van der Waals surface area (Å²) in [6, 6.07) is 6.85. The molecule has 0 fully saturated rings. The monoisotopic (exact) mass is 326 g/mol. The van der Waals surface area contributed by atoms with Gasteiger partial charge in [0.2, 0.25) is 5.95 Å². The van der Waals surface area contributed by atoms with E-state index in [4.69, 9.17) is 10.8 Å². The number of H-pyrrole nitrogens is 1. The Balaban J connectivity index is 1.74. The molecule has 2 aromatic heterocycles. The lowest BCUT2D eigenvalue weighted by Gasteiger charge is -2.02. The van der Waals surface area contributed by atoms with Gasteiger partial charge in [0.25, 0.3) is 5.56 Å². The number of hydrogen-bond donors (Lipinski definition) is 3. The molecule has 0 saturated carbocycles. The van der Waals surface area contributed by atoms with Gasteiger partial charge < -0.3 is 15.4 Å². The van der Waals surface area contributed by atoms with E-state index in [-0.39, 0.29) is 17.1 Å². The zero-order chi connectivity index (χ0) is 17.3. The van der Waals surface area contributed by atoms with Crippen molar-refractivity contribution in [1.82, 2.24) is 14.5 Å². The number of rotatable bonds is 5. The van der Waals surface area contributed by atoms with Crippen molar-refractivity contribution < 1.29 is 9.90 Å². The molecule has 0 radical (unpaired) electrons. The standard InChI is InChI=1S/C17H18N4O3/c1-21-9-12(13-14(21)19-17(18)20-15(13)22)4-2-3-10-5-7-11(8-6-10)16(23)24/h5-9H,2-4H2,1H3,(H,23,24)(H3,18,19,20,22). The first-order valence-corrected chi connectivity index (χ1v) is 7.61. The summed E-state index contributed by atoms with van der Waals surface area (Å²) in [6.45, 7) is 0. The Labute approximate surface area is 137 Å². The van der Waals surface area contributed by atoms with E-state index in [1.54, 1.807) is 16.7 Å². The van der Waals surface area contributed by atoms with Gasteiger partial charge in [-0.05, 0) is 42.5 Å². The molecule has 4 N–H and O–H groups in total. The third-order valence-corrected chi connectivity index (χ3v) is 4.04. The van der Waals surface area contributed by atoms with Crippen LogP contribution in [-0.4, -0.2) is 25.6 Å². The highest BCUT2D eigenvalue weighted by atomic mass is 16.4. The van der Waals surface area contributed by atoms with Crippen molar-refractivity contribution >= 4 is 23.0 Å². The van der Waals surface area contributed by atoms with E-state index in [2.05, 4.69) is 9.97 Å². The number of carboxylic acids is 1. The molecule has 0 atom stereocenters. The molecule has 3 rings (SSSR count). The van der Waals surface area contributed by atoms with Gasteiger partial charge in [-0.3, -0.25) is 9.78 Å². The molecule has 0 amide bonds. The summed E-state index contributed by atoms with van der Waals surface area (Å²) in [7, 11) is 1.84. The number of hydrogen-bond acceptors (Lipinski definition) is 4. The largest absolute Gasteiger partial charge is 0.478 e. The SMILES string of the molecule is Cn1cc(CCCc2ccc(C(=O)O)cc2)c2c(=O)[nH]c(N)nc21. The minimum Gasteiger partial charge on any atom is -0.478 e. The molecule has 0 aliphatic heterocycles. The molecule has 3 aromatic rings. The minimum absolute atomic E-state index is 0.110. The summed E-state index contributed by atoms with van der Waals surface area (Å²) in [4.78, 5) is 29.7. The number of aromatic amines is 1. The zero-order valence-corrected chi connectivity index (χ0v) is 13.2. The van der Waals surface area contributed by atoms with E-state index < -0.39 is 5.97 Å². The van der Waals surface area contributed by atoms with Gasteiger partial charge in [-0.15, -0.1) is 0 Å². The molecule has 0 saturated heterocycles. The summed E-state index contributed by atoms with van der Waals surface area (Å²) in [5.41, 5.74) is 8.23. The Morgan fingerprint density at radius 3 is 2.67 bits per heavy atom. The minimum atomic E-state index is -0.927. The van der Waals surface area contributed by atoms with Gasteiger partial charge >= 0.3 is 5.97 Å². The Morgan fingerprint density at radius 1 is 1.29 bits per heavy atom. The first kappa shape index (κ1) is 15.8. The van der Waals surface area contributed by atoms with E-state index in [1.165, 1.54) is 0 Å². The fourth-order valence-electron chi connectivity index (χ4n) is 2.87. The topological polar surface area (TPSA) is 114 Å². The lowest BCUT2D eigenvalue weighted by atomic mass is 10.0. The van der Waals surface area contributed by atoms with Gasteiger partial charge in [0, 0.05) is 13.2 Å². The fourth-order valence-corrected chi connectivity index (χ4v) is 2.87. The molecule has 2 heterocycles. The van der Waals surface area contributed by atoms with Crippen molar-refractivity contribution in [1.29, 1.82) is 0 Å². The maximum atomic E-state index is 12.1. The third kappa shape index (κ3) is 3.01. The smallest absolute Gasteiger partial charge is 0.335 e. The molecule has 0 aliphatic rings. The molecule has 7 nitrogen and oxygen atoms in total. The quantitative estimate of drug-likeness (QED) is 0.660. The Hall–Kier alpha value is -3.09. The van der Waals surface area contributed by atoms with Crippen molar-refractivity contribution in [3.8, 4) is 0 Å². The number of aromatic carboxylic acids is 1. The van der Waals surface area contributed by atoms with Crippen LogP contribution in [0.15, 0.2) is 35.3 Å². The molecule has 0 unspecified atom stereocenters. The van der Waals surface area contributed by atoms with Crippen LogP contribution in [0.5, 0.6) is 0 Å². The summed E-state index contributed by atoms with van der Waals surface area (Å²) >= 11 is 0. The fraction of sp³-hybridized carbons (Fsp3) is 0.235. The first-order chi connectivity index (χ1) is 11.5. The molecule has 124 valence electrons. The molecule has 0 aliphatic carbocycles. The molecular formula is C17H18N4O3. The second-order valence-corrected chi connectivity index (χ2v) is 5.77. The number of nitrogens with one attached hydrogen (secondary N) is 1. The van der Waals surface area contributed by atoms with Crippen molar-refractivity contribution in [3.05, 3.63) is 57.5 Å². The Bertz CT molecular complexity index is 954. The van der Waals surface area contributed by atoms with Crippen LogP contribution in [0.1, 0.15) is 27.9 Å². The van der Waals surface area contributed by atoms with Crippen LogP contribution < -0.4 is 11.3 Å². The van der Waals surface area contributed by atoms with Crippen LogP contribution in [-0.2, 0) is 19.9 Å². The van der Waals surface area contributed by atoms with Crippen molar-refractivity contribution in [2.24, 2.45) is 7.05 Å². The lowest BCUT2D eigenvalue weighted by molar-refractivity contribution is 0.0697. The van der Waals surface area contributed by atoms with Gasteiger partial charge in [-0.25, -0.2) is 4.79 Å². The van der Waals surface area contributed by atoms with Gasteiger partial charge in [0.15, 0.2) is 0 Å².